The molecule has 0 saturated heterocycles. The number of carbonyl (C=O) groups is 2. The molecule has 136 valence electrons. The third kappa shape index (κ3) is 3.36. The highest BCUT2D eigenvalue weighted by atomic mass is 16.3. The van der Waals surface area contributed by atoms with Crippen LogP contribution < -0.4 is 10.2 Å². The van der Waals surface area contributed by atoms with Crippen molar-refractivity contribution < 1.29 is 14.0 Å². The van der Waals surface area contributed by atoms with Crippen LogP contribution in [0.25, 0.3) is 0 Å². The van der Waals surface area contributed by atoms with Gasteiger partial charge in [0.2, 0.25) is 0 Å². The first-order valence-electron chi connectivity index (χ1n) is 8.89. The Hall–Kier alpha value is -3.34. The van der Waals surface area contributed by atoms with E-state index in [9.17, 15) is 9.59 Å². The van der Waals surface area contributed by atoms with E-state index in [1.807, 2.05) is 50.2 Å². The van der Waals surface area contributed by atoms with Crippen LogP contribution in [0.1, 0.15) is 37.6 Å². The molecule has 0 atom stereocenters. The molecule has 3 aromatic rings. The predicted molar refractivity (Wildman–Crippen MR) is 104 cm³/mol. The highest BCUT2D eigenvalue weighted by Crippen LogP contribution is 2.32. The second-order valence-electron chi connectivity index (χ2n) is 6.86. The van der Waals surface area contributed by atoms with Crippen LogP contribution in [0.2, 0.25) is 0 Å². The molecule has 0 bridgehead atoms. The summed E-state index contributed by atoms with van der Waals surface area (Å²) >= 11 is 0. The fourth-order valence-electron chi connectivity index (χ4n) is 3.53. The molecule has 0 saturated carbocycles. The number of hydrogen-bond donors (Lipinski definition) is 1. The van der Waals surface area contributed by atoms with Gasteiger partial charge in [0.1, 0.15) is 0 Å². The zero-order valence-corrected chi connectivity index (χ0v) is 15.3. The fraction of sp³-hybridized carbons (Fsp3) is 0.182. The third-order valence-electron chi connectivity index (χ3n) is 4.69. The highest BCUT2D eigenvalue weighted by Gasteiger charge is 2.27. The quantitative estimate of drug-likeness (QED) is 0.755. The lowest BCUT2D eigenvalue weighted by molar-refractivity contribution is 0.0962. The zero-order chi connectivity index (χ0) is 19.0. The average Bonchev–Trinajstić information content (AvgIpc) is 3.30. The summed E-state index contributed by atoms with van der Waals surface area (Å²) in [5.41, 5.74) is 5.38. The van der Waals surface area contributed by atoms with Gasteiger partial charge in [-0.25, -0.2) is 0 Å². The fourth-order valence-corrected chi connectivity index (χ4v) is 3.53. The second-order valence-corrected chi connectivity index (χ2v) is 6.86. The number of aryl methyl sites for hydroxylation is 2. The van der Waals surface area contributed by atoms with Crippen molar-refractivity contribution in [3.63, 3.8) is 0 Å². The van der Waals surface area contributed by atoms with Gasteiger partial charge >= 0.3 is 0 Å². The number of amides is 2. The van der Waals surface area contributed by atoms with Gasteiger partial charge < -0.3 is 14.6 Å². The van der Waals surface area contributed by atoms with Gasteiger partial charge in [-0.05, 0) is 68.3 Å². The maximum absolute atomic E-state index is 12.6. The Morgan fingerprint density at radius 1 is 1.04 bits per heavy atom. The monoisotopic (exact) mass is 360 g/mol. The summed E-state index contributed by atoms with van der Waals surface area (Å²) < 4.78 is 5.22. The lowest BCUT2D eigenvalue weighted by Crippen LogP contribution is -2.28. The predicted octanol–water partition coefficient (Wildman–Crippen LogP) is 4.35. The molecule has 1 aliphatic rings. The molecule has 2 heterocycles. The molecule has 0 aliphatic carbocycles. The number of benzene rings is 2. The number of fused-ring (bicyclic) bond motifs is 1. The summed E-state index contributed by atoms with van der Waals surface area (Å²) in [4.78, 5) is 26.8. The van der Waals surface area contributed by atoms with Crippen molar-refractivity contribution in [1.82, 2.24) is 0 Å². The first-order valence-corrected chi connectivity index (χ1v) is 8.89. The molecule has 0 radical (unpaired) electrons. The van der Waals surface area contributed by atoms with Gasteiger partial charge in [0.05, 0.1) is 6.26 Å². The highest BCUT2D eigenvalue weighted by molar-refractivity contribution is 6.07. The number of nitrogens with zero attached hydrogens (tertiary/aromatic N) is 1. The number of carbonyl (C=O) groups excluding carboxylic acids is 2. The maximum Gasteiger partial charge on any atom is 0.293 e. The Kier molecular flexibility index (Phi) is 4.28. The van der Waals surface area contributed by atoms with Gasteiger partial charge in [0, 0.05) is 23.5 Å². The van der Waals surface area contributed by atoms with Crippen LogP contribution in [0.3, 0.4) is 0 Å². The molecule has 4 rings (SSSR count). The lowest BCUT2D eigenvalue weighted by Gasteiger charge is -2.16. The number of anilines is 2. The minimum atomic E-state index is -0.147. The molecule has 5 nitrogen and oxygen atoms in total. The van der Waals surface area contributed by atoms with E-state index in [0.717, 1.165) is 34.5 Å². The topological polar surface area (TPSA) is 62.6 Å². The Morgan fingerprint density at radius 3 is 2.52 bits per heavy atom. The second kappa shape index (κ2) is 6.76. The van der Waals surface area contributed by atoms with Crippen molar-refractivity contribution in [1.29, 1.82) is 0 Å². The van der Waals surface area contributed by atoms with Crippen LogP contribution in [0.4, 0.5) is 11.4 Å². The first-order chi connectivity index (χ1) is 13.0. The summed E-state index contributed by atoms with van der Waals surface area (Å²) in [6, 6.07) is 14.8. The Bertz CT molecular complexity index is 1000. The molecule has 5 heteroatoms. The van der Waals surface area contributed by atoms with Gasteiger partial charge in [0.25, 0.3) is 11.8 Å². The Labute approximate surface area is 157 Å². The number of hydrogen-bond acceptors (Lipinski definition) is 3. The first kappa shape index (κ1) is 17.1. The minimum absolute atomic E-state index is 0.136. The molecular formula is C22H20N2O3. The van der Waals surface area contributed by atoms with Crippen molar-refractivity contribution in [3.8, 4) is 0 Å². The van der Waals surface area contributed by atoms with E-state index < -0.39 is 0 Å². The summed E-state index contributed by atoms with van der Waals surface area (Å²) in [5, 5.41) is 2.95. The number of furan rings is 1. The van der Waals surface area contributed by atoms with E-state index in [2.05, 4.69) is 5.32 Å². The van der Waals surface area contributed by atoms with Crippen LogP contribution in [0.15, 0.2) is 59.2 Å². The van der Waals surface area contributed by atoms with Crippen LogP contribution in [0, 0.1) is 13.8 Å². The largest absolute Gasteiger partial charge is 0.459 e. The third-order valence-corrected chi connectivity index (χ3v) is 4.69. The minimum Gasteiger partial charge on any atom is -0.459 e. The molecule has 2 aromatic carbocycles. The van der Waals surface area contributed by atoms with Gasteiger partial charge in [-0.1, -0.05) is 17.2 Å². The molecule has 0 spiro atoms. The van der Waals surface area contributed by atoms with Gasteiger partial charge in [-0.2, -0.15) is 0 Å². The van der Waals surface area contributed by atoms with Gasteiger partial charge in [0.15, 0.2) is 5.76 Å². The van der Waals surface area contributed by atoms with Crippen molar-refractivity contribution >= 4 is 23.2 Å². The zero-order valence-electron chi connectivity index (χ0n) is 15.3. The molecule has 2 amide bonds. The Morgan fingerprint density at radius 2 is 1.81 bits per heavy atom. The molecule has 1 N–H and O–H groups in total. The Balaban J connectivity index is 1.54. The maximum atomic E-state index is 12.6. The normalized spacial score (nSPS) is 12.7. The van der Waals surface area contributed by atoms with E-state index in [1.165, 1.54) is 6.26 Å². The lowest BCUT2D eigenvalue weighted by atomic mass is 10.1. The van der Waals surface area contributed by atoms with E-state index >= 15 is 0 Å². The summed E-state index contributed by atoms with van der Waals surface area (Å²) in [5.74, 6) is 0.0454. The van der Waals surface area contributed by atoms with Crippen LogP contribution in [0.5, 0.6) is 0 Å². The smallest absolute Gasteiger partial charge is 0.293 e. The van der Waals surface area contributed by atoms with Crippen molar-refractivity contribution in [2.24, 2.45) is 0 Å². The van der Waals surface area contributed by atoms with E-state index in [4.69, 9.17) is 4.42 Å². The van der Waals surface area contributed by atoms with Crippen molar-refractivity contribution in [3.05, 3.63) is 82.8 Å². The molecule has 27 heavy (non-hydrogen) atoms. The molecular weight excluding hydrogens is 340 g/mol. The molecule has 1 aliphatic heterocycles. The molecule has 0 unspecified atom stereocenters. The SMILES string of the molecule is Cc1cc(C)cc(C(=O)Nc2ccc3c(c2)CCN3C(=O)c2ccco2)c1. The number of rotatable bonds is 3. The van der Waals surface area contributed by atoms with E-state index in [0.29, 0.717) is 17.9 Å². The summed E-state index contributed by atoms with van der Waals surface area (Å²) in [6.45, 7) is 4.55. The van der Waals surface area contributed by atoms with E-state index in [-0.39, 0.29) is 11.8 Å². The van der Waals surface area contributed by atoms with E-state index in [1.54, 1.807) is 17.0 Å². The van der Waals surface area contributed by atoms with Gasteiger partial charge in [-0.3, -0.25) is 9.59 Å². The standard InChI is InChI=1S/C22H20N2O3/c1-14-10-15(2)12-17(11-14)21(25)23-18-5-6-19-16(13-18)7-8-24(19)22(26)20-4-3-9-27-20/h3-6,9-13H,7-8H2,1-2H3,(H,23,25). The van der Waals surface area contributed by atoms with Crippen LogP contribution in [-0.4, -0.2) is 18.4 Å². The summed E-state index contributed by atoms with van der Waals surface area (Å²) in [7, 11) is 0. The average molecular weight is 360 g/mol. The van der Waals surface area contributed by atoms with Crippen molar-refractivity contribution in [2.75, 3.05) is 16.8 Å². The molecule has 1 aromatic heterocycles. The molecule has 0 fully saturated rings. The van der Waals surface area contributed by atoms with Crippen LogP contribution >= 0.6 is 0 Å². The summed E-state index contributed by atoms with van der Waals surface area (Å²) in [6.07, 6.45) is 2.24. The number of nitrogens with one attached hydrogen (secondary N) is 1. The van der Waals surface area contributed by atoms with Crippen LogP contribution in [-0.2, 0) is 6.42 Å². The van der Waals surface area contributed by atoms with Gasteiger partial charge in [-0.15, -0.1) is 0 Å². The van der Waals surface area contributed by atoms with Crippen molar-refractivity contribution in [2.45, 2.75) is 20.3 Å².